The number of nitrogens with zero attached hydrogens (tertiary/aromatic N) is 2. The van der Waals surface area contributed by atoms with E-state index in [1.54, 1.807) is 35.2 Å². The van der Waals surface area contributed by atoms with Gasteiger partial charge in [0.05, 0.1) is 6.20 Å². The van der Waals surface area contributed by atoms with Gasteiger partial charge >= 0.3 is 0 Å². The number of hydrogen-bond donors (Lipinski definition) is 0. The Morgan fingerprint density at radius 3 is 2.50 bits per heavy atom. The van der Waals surface area contributed by atoms with Gasteiger partial charge in [0.1, 0.15) is 0 Å². The summed E-state index contributed by atoms with van der Waals surface area (Å²) in [5.41, 5.74) is 2.52. The van der Waals surface area contributed by atoms with Gasteiger partial charge in [0.25, 0.3) is 6.33 Å². The van der Waals surface area contributed by atoms with Crippen molar-refractivity contribution in [3.63, 3.8) is 0 Å². The highest BCUT2D eigenvalue weighted by Gasteiger charge is 2.12. The number of ketones is 1. The van der Waals surface area contributed by atoms with Crippen molar-refractivity contribution in [1.82, 2.24) is 4.98 Å². The van der Waals surface area contributed by atoms with E-state index in [1.165, 1.54) is 0 Å². The quantitative estimate of drug-likeness (QED) is 0.428. The fourth-order valence-corrected chi connectivity index (χ4v) is 2.71. The number of hydrogen-bond acceptors (Lipinski definition) is 2. The van der Waals surface area contributed by atoms with Crippen LogP contribution >= 0.6 is 27.5 Å². The first kappa shape index (κ1) is 18.8. The van der Waals surface area contributed by atoms with Crippen LogP contribution in [-0.4, -0.2) is 10.8 Å². The molecule has 0 atom stereocenters. The molecule has 0 fully saturated rings. The smallest absolute Gasteiger partial charge is 0.287 e. The first-order valence-corrected chi connectivity index (χ1v) is 8.19. The number of rotatable bonds is 4. The summed E-state index contributed by atoms with van der Waals surface area (Å²) in [5.74, 6) is 0.0173. The molecule has 0 N–H and O–H groups in total. The molecule has 6 heteroatoms. The summed E-state index contributed by atoms with van der Waals surface area (Å²) < 4.78 is 2.77. The summed E-state index contributed by atoms with van der Waals surface area (Å²) in [7, 11) is 0. The minimum Gasteiger partial charge on any atom is -1.00 e. The van der Waals surface area contributed by atoms with Crippen LogP contribution in [0.1, 0.15) is 10.4 Å². The third-order valence-corrected chi connectivity index (χ3v) is 4.13. The third kappa shape index (κ3) is 4.72. The maximum atomic E-state index is 12.2. The fourth-order valence-electron chi connectivity index (χ4n) is 2.19. The molecular weight excluding hydrogens is 455 g/mol. The van der Waals surface area contributed by atoms with Crippen LogP contribution in [0, 0.1) is 0 Å². The molecule has 0 saturated carbocycles. The number of halogens is 3. The second kappa shape index (κ2) is 8.51. The summed E-state index contributed by atoms with van der Waals surface area (Å²) in [6.07, 6.45) is 3.53. The minimum absolute atomic E-state index is 0. The van der Waals surface area contributed by atoms with E-state index in [1.807, 2.05) is 36.5 Å². The predicted octanol–water partition coefficient (Wildman–Crippen LogP) is 1.34. The summed E-state index contributed by atoms with van der Waals surface area (Å²) in [5, 5.41) is 0.620. The number of carbonyl (C=O) groups is 1. The Morgan fingerprint density at radius 1 is 1.12 bits per heavy atom. The van der Waals surface area contributed by atoms with Gasteiger partial charge in [-0.15, -0.1) is 0 Å². The van der Waals surface area contributed by atoms with E-state index in [9.17, 15) is 4.79 Å². The van der Waals surface area contributed by atoms with Crippen LogP contribution in [0.25, 0.3) is 11.3 Å². The van der Waals surface area contributed by atoms with Crippen molar-refractivity contribution in [3.05, 3.63) is 82.2 Å². The molecule has 1 heterocycles. The van der Waals surface area contributed by atoms with Gasteiger partial charge in [0, 0.05) is 26.7 Å². The number of carbonyl (C=O) groups excluding carboxylic acids is 1. The lowest BCUT2D eigenvalue weighted by molar-refractivity contribution is -0.686. The standard InChI is InChI=1S/C18H13BrClN2O.BrH/c19-15-3-1-2-14(10-15)17-8-9-22(12-21-17)11-18(23)13-4-6-16(20)7-5-13;/h1-10,12H,11H2;1H/q+1;/p-1. The molecule has 0 aliphatic rings. The summed E-state index contributed by atoms with van der Waals surface area (Å²) >= 11 is 9.28. The lowest BCUT2D eigenvalue weighted by Gasteiger charge is -2.01. The second-order valence-electron chi connectivity index (χ2n) is 5.06. The third-order valence-electron chi connectivity index (χ3n) is 3.38. The van der Waals surface area contributed by atoms with Crippen molar-refractivity contribution in [2.75, 3.05) is 0 Å². The molecule has 2 aromatic carbocycles. The van der Waals surface area contributed by atoms with Crippen LogP contribution < -0.4 is 21.5 Å². The molecule has 0 bridgehead atoms. The predicted molar refractivity (Wildman–Crippen MR) is 93.4 cm³/mol. The Hall–Kier alpha value is -1.56. The molecule has 3 rings (SSSR count). The summed E-state index contributed by atoms with van der Waals surface area (Å²) in [6, 6.07) is 16.7. The normalized spacial score (nSPS) is 10.1. The molecule has 3 nitrogen and oxygen atoms in total. The Kier molecular flexibility index (Phi) is 6.66. The number of aromatic nitrogens is 2. The molecule has 3 aromatic rings. The monoisotopic (exact) mass is 466 g/mol. The lowest BCUT2D eigenvalue weighted by atomic mass is 10.1. The van der Waals surface area contributed by atoms with Gasteiger partial charge < -0.3 is 17.0 Å². The Bertz CT molecular complexity index is 836. The largest absolute Gasteiger partial charge is 1.00 e. The van der Waals surface area contributed by atoms with Crippen LogP contribution in [0.3, 0.4) is 0 Å². The number of Topliss-reactive ketones (excluding diaryl/α,β-unsaturated/α-hetero) is 1. The van der Waals surface area contributed by atoms with Crippen molar-refractivity contribution in [2.45, 2.75) is 6.54 Å². The molecular formula is C18H13Br2ClN2O. The summed E-state index contributed by atoms with van der Waals surface area (Å²) in [6.45, 7) is 0.243. The van der Waals surface area contributed by atoms with Gasteiger partial charge in [0.2, 0.25) is 5.78 Å². The SMILES string of the molecule is O=C(C[n+]1ccc(-c2cccc(Br)c2)nc1)c1ccc(Cl)cc1.[Br-]. The average Bonchev–Trinajstić information content (AvgIpc) is 2.56. The molecule has 0 saturated heterocycles. The summed E-state index contributed by atoms with van der Waals surface area (Å²) in [4.78, 5) is 16.6. The van der Waals surface area contributed by atoms with Crippen LogP contribution in [0.15, 0.2) is 71.6 Å². The van der Waals surface area contributed by atoms with Gasteiger partial charge in [-0.05, 0) is 41.4 Å². The van der Waals surface area contributed by atoms with Crippen molar-refractivity contribution in [3.8, 4) is 11.3 Å². The van der Waals surface area contributed by atoms with Crippen LogP contribution in [-0.2, 0) is 6.54 Å². The molecule has 122 valence electrons. The van der Waals surface area contributed by atoms with E-state index >= 15 is 0 Å². The van der Waals surface area contributed by atoms with Crippen LogP contribution in [0.4, 0.5) is 0 Å². The minimum atomic E-state index is 0. The zero-order valence-corrected chi connectivity index (χ0v) is 16.4. The topological polar surface area (TPSA) is 33.8 Å². The van der Waals surface area contributed by atoms with Crippen molar-refractivity contribution < 1.29 is 26.3 Å². The van der Waals surface area contributed by atoms with Gasteiger partial charge in [0.15, 0.2) is 12.2 Å². The molecule has 24 heavy (non-hydrogen) atoms. The molecule has 0 aliphatic heterocycles. The maximum Gasteiger partial charge on any atom is 0.287 e. The molecule has 0 radical (unpaired) electrons. The highest BCUT2D eigenvalue weighted by atomic mass is 79.9. The zero-order chi connectivity index (χ0) is 16.2. The van der Waals surface area contributed by atoms with E-state index in [-0.39, 0.29) is 29.3 Å². The molecule has 1 aromatic heterocycles. The Balaban J connectivity index is 0.00000208. The maximum absolute atomic E-state index is 12.2. The van der Waals surface area contributed by atoms with Gasteiger partial charge in [-0.25, -0.2) is 4.57 Å². The second-order valence-corrected chi connectivity index (χ2v) is 6.41. The molecule has 0 spiro atoms. The average molecular weight is 469 g/mol. The lowest BCUT2D eigenvalue weighted by Crippen LogP contribution is -3.00. The van der Waals surface area contributed by atoms with E-state index in [2.05, 4.69) is 20.9 Å². The van der Waals surface area contributed by atoms with E-state index in [0.29, 0.717) is 10.6 Å². The van der Waals surface area contributed by atoms with Gasteiger partial charge in [-0.1, -0.05) is 39.7 Å². The highest BCUT2D eigenvalue weighted by Crippen LogP contribution is 2.20. The van der Waals surface area contributed by atoms with Crippen LogP contribution in [0.5, 0.6) is 0 Å². The Labute approximate surface area is 164 Å². The fraction of sp³-hybridized carbons (Fsp3) is 0.0556. The molecule has 0 unspecified atom stereocenters. The van der Waals surface area contributed by atoms with Crippen molar-refractivity contribution in [2.24, 2.45) is 0 Å². The van der Waals surface area contributed by atoms with E-state index in [4.69, 9.17) is 11.6 Å². The van der Waals surface area contributed by atoms with Gasteiger partial charge in [-0.3, -0.25) is 4.79 Å². The van der Waals surface area contributed by atoms with E-state index in [0.717, 1.165) is 15.7 Å². The first-order chi connectivity index (χ1) is 11.1. The first-order valence-electron chi connectivity index (χ1n) is 7.01. The van der Waals surface area contributed by atoms with Crippen molar-refractivity contribution in [1.29, 1.82) is 0 Å². The molecule has 0 amide bonds. The van der Waals surface area contributed by atoms with Crippen molar-refractivity contribution >= 4 is 33.3 Å². The zero-order valence-electron chi connectivity index (χ0n) is 12.5. The van der Waals surface area contributed by atoms with E-state index < -0.39 is 0 Å². The van der Waals surface area contributed by atoms with Gasteiger partial charge in [-0.2, -0.15) is 0 Å². The number of benzene rings is 2. The highest BCUT2D eigenvalue weighted by molar-refractivity contribution is 9.10. The van der Waals surface area contributed by atoms with Crippen LogP contribution in [0.2, 0.25) is 5.02 Å². The molecule has 0 aliphatic carbocycles. The Morgan fingerprint density at radius 2 is 1.88 bits per heavy atom.